The number of hydrogen-bond acceptors (Lipinski definition) is 2. The van der Waals surface area contributed by atoms with Gasteiger partial charge in [0.25, 0.3) is 0 Å². The van der Waals surface area contributed by atoms with Crippen molar-refractivity contribution in [1.29, 1.82) is 0 Å². The standard InChI is InChI=1S/2C13H18O2.2Na.2H2O.2H/c2*1-9(2)8-11-4-6-12(7-5-11)10(3)13(14)15;;;;;;/h2*4-7,9-10H,8H2,1-3H3,(H,14,15);;;2*1H2;;. The van der Waals surface area contributed by atoms with Crippen LogP contribution < -0.4 is 0 Å². The van der Waals surface area contributed by atoms with E-state index in [1.54, 1.807) is 13.8 Å². The summed E-state index contributed by atoms with van der Waals surface area (Å²) in [6.07, 6.45) is 2.09. The van der Waals surface area contributed by atoms with Crippen LogP contribution in [0.25, 0.3) is 0 Å². The molecule has 0 amide bonds. The molecule has 0 heterocycles. The molecule has 6 nitrogen and oxygen atoms in total. The first-order valence-corrected chi connectivity index (χ1v) is 10.6. The van der Waals surface area contributed by atoms with E-state index in [9.17, 15) is 9.59 Å². The molecule has 0 bridgehead atoms. The molecular weight excluding hydrogens is 454 g/mol. The zero-order chi connectivity index (χ0) is 22.8. The van der Waals surface area contributed by atoms with Gasteiger partial charge in [-0.15, -0.1) is 0 Å². The van der Waals surface area contributed by atoms with Crippen LogP contribution in [0, 0.1) is 11.8 Å². The molecule has 34 heavy (non-hydrogen) atoms. The van der Waals surface area contributed by atoms with Crippen LogP contribution in [0.3, 0.4) is 0 Å². The molecule has 0 spiro atoms. The Morgan fingerprint density at radius 1 is 0.588 bits per heavy atom. The Morgan fingerprint density at radius 2 is 0.824 bits per heavy atom. The normalized spacial score (nSPS) is 11.3. The number of aliphatic carboxylic acids is 2. The Balaban J connectivity index is -0.000000237. The fourth-order valence-corrected chi connectivity index (χ4v) is 3.11. The fraction of sp³-hybridized carbons (Fsp3) is 0.462. The van der Waals surface area contributed by atoms with Crippen molar-refractivity contribution in [2.75, 3.05) is 0 Å². The average Bonchev–Trinajstić information content (AvgIpc) is 2.67. The number of carboxylic acids is 2. The Kier molecular flexibility index (Phi) is 24.4. The first kappa shape index (κ1) is 40.5. The van der Waals surface area contributed by atoms with E-state index in [-0.39, 0.29) is 70.1 Å². The van der Waals surface area contributed by atoms with Gasteiger partial charge in [-0.05, 0) is 60.8 Å². The van der Waals surface area contributed by atoms with Gasteiger partial charge in [-0.2, -0.15) is 0 Å². The third kappa shape index (κ3) is 15.3. The Hall–Kier alpha value is -0.700. The number of benzene rings is 2. The van der Waals surface area contributed by atoms with Crippen molar-refractivity contribution >= 4 is 71.1 Å². The van der Waals surface area contributed by atoms with Gasteiger partial charge in [0.15, 0.2) is 0 Å². The number of carbonyl (C=O) groups is 2. The second kappa shape index (κ2) is 20.5. The summed E-state index contributed by atoms with van der Waals surface area (Å²) >= 11 is 0. The zero-order valence-electron chi connectivity index (χ0n) is 20.1. The summed E-state index contributed by atoms with van der Waals surface area (Å²) in [5, 5.41) is 17.7. The molecule has 2 rings (SSSR count). The van der Waals surface area contributed by atoms with E-state index in [0.717, 1.165) is 24.0 Å². The molecule has 2 unspecified atom stereocenters. The van der Waals surface area contributed by atoms with E-state index in [1.807, 2.05) is 48.5 Å². The molecular formula is C26H42Na2O6. The Morgan fingerprint density at radius 3 is 1.00 bits per heavy atom. The third-order valence-electron chi connectivity index (χ3n) is 4.99. The fourth-order valence-electron chi connectivity index (χ4n) is 3.11. The van der Waals surface area contributed by atoms with Crippen molar-refractivity contribution in [2.45, 2.75) is 66.2 Å². The van der Waals surface area contributed by atoms with Crippen LogP contribution in [0.2, 0.25) is 0 Å². The molecule has 2 atom stereocenters. The second-order valence-corrected chi connectivity index (χ2v) is 8.80. The number of carboxylic acid groups (broad SMARTS) is 2. The first-order chi connectivity index (χ1) is 14.0. The molecule has 2 aromatic rings. The molecule has 0 saturated carbocycles. The molecule has 0 saturated heterocycles. The summed E-state index contributed by atoms with van der Waals surface area (Å²) in [4.78, 5) is 21.5. The number of rotatable bonds is 8. The Bertz CT molecular complexity index is 736. The van der Waals surface area contributed by atoms with E-state index in [4.69, 9.17) is 10.2 Å². The Labute approximate surface area is 248 Å². The molecule has 8 heteroatoms. The predicted molar refractivity (Wildman–Crippen MR) is 144 cm³/mol. The summed E-state index contributed by atoms with van der Waals surface area (Å²) in [5.41, 5.74) is 4.28. The van der Waals surface area contributed by atoms with Crippen LogP contribution in [-0.2, 0) is 22.4 Å². The SMILES string of the molecule is CC(C)Cc1ccc(C(C)C(=O)O)cc1.CC(C)Cc1ccc(C(C)C(=O)O)cc1.O.O.[NaH].[NaH]. The first-order valence-electron chi connectivity index (χ1n) is 10.6. The van der Waals surface area contributed by atoms with Gasteiger partial charge in [0.1, 0.15) is 0 Å². The maximum atomic E-state index is 10.8. The van der Waals surface area contributed by atoms with Gasteiger partial charge < -0.3 is 21.2 Å². The van der Waals surface area contributed by atoms with Crippen LogP contribution in [-0.4, -0.2) is 92.2 Å². The van der Waals surface area contributed by atoms with E-state index in [2.05, 4.69) is 27.7 Å². The topological polar surface area (TPSA) is 138 Å². The van der Waals surface area contributed by atoms with Crippen molar-refractivity contribution in [2.24, 2.45) is 11.8 Å². The number of hydrogen-bond donors (Lipinski definition) is 2. The van der Waals surface area contributed by atoms with E-state index in [1.165, 1.54) is 11.1 Å². The van der Waals surface area contributed by atoms with Gasteiger partial charge in [0.2, 0.25) is 0 Å². The molecule has 0 aromatic heterocycles. The van der Waals surface area contributed by atoms with Gasteiger partial charge in [-0.3, -0.25) is 9.59 Å². The average molecular weight is 497 g/mol. The second-order valence-electron chi connectivity index (χ2n) is 8.80. The molecule has 0 aliphatic rings. The maximum absolute atomic E-state index is 10.8. The zero-order valence-corrected chi connectivity index (χ0v) is 20.1. The van der Waals surface area contributed by atoms with Crippen LogP contribution in [0.4, 0.5) is 0 Å². The summed E-state index contributed by atoms with van der Waals surface area (Å²) in [7, 11) is 0. The monoisotopic (exact) mass is 496 g/mol. The van der Waals surface area contributed by atoms with Crippen molar-refractivity contribution in [1.82, 2.24) is 0 Å². The van der Waals surface area contributed by atoms with Crippen LogP contribution in [0.1, 0.15) is 75.6 Å². The van der Waals surface area contributed by atoms with Crippen LogP contribution in [0.15, 0.2) is 48.5 Å². The summed E-state index contributed by atoms with van der Waals surface area (Å²) in [6.45, 7) is 12.1. The van der Waals surface area contributed by atoms with E-state index < -0.39 is 23.8 Å². The van der Waals surface area contributed by atoms with E-state index in [0.29, 0.717) is 11.8 Å². The minimum atomic E-state index is -0.772. The van der Waals surface area contributed by atoms with Crippen LogP contribution >= 0.6 is 0 Å². The molecule has 6 N–H and O–H groups in total. The molecule has 0 radical (unpaired) electrons. The van der Waals surface area contributed by atoms with Gasteiger partial charge in [-0.1, -0.05) is 76.2 Å². The minimum absolute atomic E-state index is 0. The van der Waals surface area contributed by atoms with Crippen molar-refractivity contribution in [3.63, 3.8) is 0 Å². The van der Waals surface area contributed by atoms with Gasteiger partial charge in [0, 0.05) is 0 Å². The summed E-state index contributed by atoms with van der Waals surface area (Å²) in [5.74, 6) is -1.12. The van der Waals surface area contributed by atoms with Gasteiger partial charge >= 0.3 is 71.1 Å². The predicted octanol–water partition coefficient (Wildman–Crippen LogP) is 3.20. The third-order valence-corrected chi connectivity index (χ3v) is 4.99. The van der Waals surface area contributed by atoms with Crippen molar-refractivity contribution < 1.29 is 30.8 Å². The van der Waals surface area contributed by atoms with Crippen molar-refractivity contribution in [3.8, 4) is 0 Å². The van der Waals surface area contributed by atoms with Crippen molar-refractivity contribution in [3.05, 3.63) is 70.8 Å². The molecule has 0 aliphatic carbocycles. The summed E-state index contributed by atoms with van der Waals surface area (Å²) in [6, 6.07) is 15.7. The summed E-state index contributed by atoms with van der Waals surface area (Å²) < 4.78 is 0. The molecule has 2 aromatic carbocycles. The van der Waals surface area contributed by atoms with Gasteiger partial charge in [-0.25, -0.2) is 0 Å². The molecule has 0 fully saturated rings. The van der Waals surface area contributed by atoms with E-state index >= 15 is 0 Å². The molecule has 184 valence electrons. The van der Waals surface area contributed by atoms with Gasteiger partial charge in [0.05, 0.1) is 11.8 Å². The quantitative estimate of drug-likeness (QED) is 0.542. The van der Waals surface area contributed by atoms with Crippen LogP contribution in [0.5, 0.6) is 0 Å². The molecule has 0 aliphatic heterocycles.